The van der Waals surface area contributed by atoms with Crippen LogP contribution in [0, 0.1) is 6.92 Å². The highest BCUT2D eigenvalue weighted by molar-refractivity contribution is 7.14. The predicted molar refractivity (Wildman–Crippen MR) is 79.9 cm³/mol. The summed E-state index contributed by atoms with van der Waals surface area (Å²) >= 11 is 1.31. The van der Waals surface area contributed by atoms with Gasteiger partial charge in [-0.25, -0.2) is 9.59 Å². The number of rotatable bonds is 4. The van der Waals surface area contributed by atoms with Gasteiger partial charge in [-0.1, -0.05) is 0 Å². The first kappa shape index (κ1) is 15.8. The molecule has 1 N–H and O–H groups in total. The minimum absolute atomic E-state index is 0.253. The van der Waals surface area contributed by atoms with E-state index in [9.17, 15) is 9.59 Å². The van der Waals surface area contributed by atoms with Gasteiger partial charge in [-0.3, -0.25) is 4.90 Å². The SMILES string of the molecule is CCOC(=O)N1CCN(Cc2cc(C(=O)O)sc2C)CC1. The van der Waals surface area contributed by atoms with Crippen LogP contribution >= 0.6 is 11.3 Å². The van der Waals surface area contributed by atoms with Crippen molar-refractivity contribution in [2.75, 3.05) is 32.8 Å². The standard InChI is InChI=1S/C14H20N2O4S/c1-3-20-14(19)16-6-4-15(5-7-16)9-11-8-12(13(17)18)21-10(11)2/h8H,3-7,9H2,1-2H3,(H,17,18). The van der Waals surface area contributed by atoms with E-state index in [0.29, 0.717) is 24.6 Å². The fraction of sp³-hybridized carbons (Fsp3) is 0.571. The second kappa shape index (κ2) is 6.91. The quantitative estimate of drug-likeness (QED) is 0.921. The van der Waals surface area contributed by atoms with Gasteiger partial charge in [0.15, 0.2) is 0 Å². The second-order valence-corrected chi connectivity index (χ2v) is 6.22. The Hall–Kier alpha value is -1.60. The largest absolute Gasteiger partial charge is 0.477 e. The predicted octanol–water partition coefficient (Wildman–Crippen LogP) is 2.03. The van der Waals surface area contributed by atoms with Crippen molar-refractivity contribution >= 4 is 23.4 Å². The van der Waals surface area contributed by atoms with Crippen LogP contribution in [0.5, 0.6) is 0 Å². The van der Waals surface area contributed by atoms with Gasteiger partial charge < -0.3 is 14.7 Å². The maximum atomic E-state index is 11.6. The van der Waals surface area contributed by atoms with E-state index in [1.54, 1.807) is 17.9 Å². The van der Waals surface area contributed by atoms with E-state index in [1.165, 1.54) is 11.3 Å². The highest BCUT2D eigenvalue weighted by Crippen LogP contribution is 2.23. The van der Waals surface area contributed by atoms with Crippen LogP contribution in [0.1, 0.15) is 27.0 Å². The molecule has 0 radical (unpaired) electrons. The Kier molecular flexibility index (Phi) is 5.19. The Morgan fingerprint density at radius 1 is 1.33 bits per heavy atom. The summed E-state index contributed by atoms with van der Waals surface area (Å²) in [6.07, 6.45) is -0.253. The lowest BCUT2D eigenvalue weighted by molar-refractivity contribution is 0.0700. The van der Waals surface area contributed by atoms with Crippen LogP contribution in [-0.4, -0.2) is 59.8 Å². The monoisotopic (exact) mass is 312 g/mol. The van der Waals surface area contributed by atoms with Crippen molar-refractivity contribution < 1.29 is 19.4 Å². The molecule has 1 aliphatic rings. The fourth-order valence-electron chi connectivity index (χ4n) is 2.33. The number of nitrogens with zero attached hydrogens (tertiary/aromatic N) is 2. The third-order valence-corrected chi connectivity index (χ3v) is 4.60. The van der Waals surface area contributed by atoms with Crippen molar-refractivity contribution in [3.05, 3.63) is 21.4 Å². The van der Waals surface area contributed by atoms with E-state index < -0.39 is 5.97 Å². The number of hydrogen-bond donors (Lipinski definition) is 1. The van der Waals surface area contributed by atoms with Crippen LogP contribution in [0.2, 0.25) is 0 Å². The Labute approximate surface area is 127 Å². The molecule has 2 heterocycles. The molecule has 6 nitrogen and oxygen atoms in total. The van der Waals surface area contributed by atoms with Crippen molar-refractivity contribution in [1.82, 2.24) is 9.80 Å². The molecule has 0 saturated carbocycles. The van der Waals surface area contributed by atoms with Crippen molar-refractivity contribution in [1.29, 1.82) is 0 Å². The third-order valence-electron chi connectivity index (χ3n) is 3.52. The Bertz CT molecular complexity index is 521. The van der Waals surface area contributed by atoms with Gasteiger partial charge in [-0.05, 0) is 25.5 Å². The van der Waals surface area contributed by atoms with Gasteiger partial charge >= 0.3 is 12.1 Å². The first-order valence-electron chi connectivity index (χ1n) is 6.98. The molecule has 1 fully saturated rings. The number of piperazine rings is 1. The normalized spacial score (nSPS) is 16.0. The highest BCUT2D eigenvalue weighted by Gasteiger charge is 2.22. The summed E-state index contributed by atoms with van der Waals surface area (Å²) < 4.78 is 4.99. The van der Waals surface area contributed by atoms with Gasteiger partial charge in [0.2, 0.25) is 0 Å². The number of ether oxygens (including phenoxy) is 1. The van der Waals surface area contributed by atoms with Crippen LogP contribution in [-0.2, 0) is 11.3 Å². The van der Waals surface area contributed by atoms with Crippen molar-refractivity contribution in [2.45, 2.75) is 20.4 Å². The minimum atomic E-state index is -0.874. The number of carbonyl (C=O) groups is 2. The Morgan fingerprint density at radius 3 is 2.52 bits per heavy atom. The van der Waals surface area contributed by atoms with E-state index in [4.69, 9.17) is 9.84 Å². The zero-order valence-electron chi connectivity index (χ0n) is 12.3. The van der Waals surface area contributed by atoms with Gasteiger partial charge in [0.1, 0.15) is 4.88 Å². The van der Waals surface area contributed by atoms with Crippen LogP contribution in [0.4, 0.5) is 4.79 Å². The summed E-state index contributed by atoms with van der Waals surface area (Å²) in [5.41, 5.74) is 1.06. The lowest BCUT2D eigenvalue weighted by atomic mass is 10.2. The molecule has 2 rings (SSSR count). The number of amides is 1. The summed E-state index contributed by atoms with van der Waals surface area (Å²) in [5.74, 6) is -0.874. The van der Waals surface area contributed by atoms with E-state index in [-0.39, 0.29) is 6.09 Å². The molecule has 0 atom stereocenters. The maximum Gasteiger partial charge on any atom is 0.409 e. The Balaban J connectivity index is 1.89. The average molecular weight is 312 g/mol. The molecule has 1 aromatic heterocycles. The maximum absolute atomic E-state index is 11.6. The third kappa shape index (κ3) is 3.95. The topological polar surface area (TPSA) is 70.1 Å². The fourth-order valence-corrected chi connectivity index (χ4v) is 3.20. The number of carboxylic acids is 1. The highest BCUT2D eigenvalue weighted by atomic mass is 32.1. The number of carboxylic acid groups (broad SMARTS) is 1. The number of hydrogen-bond acceptors (Lipinski definition) is 5. The summed E-state index contributed by atoms with van der Waals surface area (Å²) in [7, 11) is 0. The minimum Gasteiger partial charge on any atom is -0.477 e. The van der Waals surface area contributed by atoms with Gasteiger partial charge in [-0.15, -0.1) is 11.3 Å². The average Bonchev–Trinajstić information content (AvgIpc) is 2.81. The van der Waals surface area contributed by atoms with Crippen molar-refractivity contribution in [3.8, 4) is 0 Å². The lowest BCUT2D eigenvalue weighted by Crippen LogP contribution is -2.48. The molecule has 21 heavy (non-hydrogen) atoms. The van der Waals surface area contributed by atoms with E-state index in [2.05, 4.69) is 4.90 Å². The number of aryl methyl sites for hydroxylation is 1. The van der Waals surface area contributed by atoms with Gasteiger partial charge in [0.05, 0.1) is 6.61 Å². The molecular formula is C14H20N2O4S. The molecule has 1 aliphatic heterocycles. The van der Waals surface area contributed by atoms with Gasteiger partial charge in [-0.2, -0.15) is 0 Å². The molecule has 0 aliphatic carbocycles. The van der Waals surface area contributed by atoms with E-state index in [1.807, 2.05) is 6.92 Å². The van der Waals surface area contributed by atoms with Gasteiger partial charge in [0, 0.05) is 37.6 Å². The number of thiophene rings is 1. The first-order chi connectivity index (χ1) is 10.0. The molecule has 1 saturated heterocycles. The van der Waals surface area contributed by atoms with Crippen LogP contribution in [0.25, 0.3) is 0 Å². The second-order valence-electron chi connectivity index (χ2n) is 4.96. The van der Waals surface area contributed by atoms with Crippen molar-refractivity contribution in [2.24, 2.45) is 0 Å². The molecule has 1 aromatic rings. The van der Waals surface area contributed by atoms with E-state index >= 15 is 0 Å². The van der Waals surface area contributed by atoms with E-state index in [0.717, 1.165) is 30.1 Å². The Morgan fingerprint density at radius 2 is 2.00 bits per heavy atom. The van der Waals surface area contributed by atoms with Crippen LogP contribution in [0.3, 0.4) is 0 Å². The molecule has 0 bridgehead atoms. The number of carbonyl (C=O) groups excluding carboxylic acids is 1. The summed E-state index contributed by atoms with van der Waals surface area (Å²) in [6, 6.07) is 1.75. The van der Waals surface area contributed by atoms with Crippen molar-refractivity contribution in [3.63, 3.8) is 0 Å². The summed E-state index contributed by atoms with van der Waals surface area (Å²) in [5, 5.41) is 9.01. The first-order valence-corrected chi connectivity index (χ1v) is 7.79. The van der Waals surface area contributed by atoms with Gasteiger partial charge in [0.25, 0.3) is 0 Å². The van der Waals surface area contributed by atoms with Crippen LogP contribution in [0.15, 0.2) is 6.07 Å². The molecule has 1 amide bonds. The molecule has 0 spiro atoms. The zero-order chi connectivity index (χ0) is 15.4. The summed E-state index contributed by atoms with van der Waals surface area (Å²) in [4.78, 5) is 28.0. The van der Waals surface area contributed by atoms with Crippen LogP contribution < -0.4 is 0 Å². The summed E-state index contributed by atoms with van der Waals surface area (Å²) in [6.45, 7) is 7.71. The smallest absolute Gasteiger partial charge is 0.409 e. The lowest BCUT2D eigenvalue weighted by Gasteiger charge is -2.33. The number of aromatic carboxylic acids is 1. The zero-order valence-corrected chi connectivity index (χ0v) is 13.1. The molecule has 0 aromatic carbocycles. The molecular weight excluding hydrogens is 292 g/mol. The molecule has 116 valence electrons. The molecule has 7 heteroatoms. The molecule has 0 unspecified atom stereocenters.